The third kappa shape index (κ3) is 3.28. The molecule has 0 saturated carbocycles. The van der Waals surface area contributed by atoms with E-state index in [-0.39, 0.29) is 11.5 Å². The molecule has 0 unspecified atom stereocenters. The van der Waals surface area contributed by atoms with Crippen LogP contribution in [0.2, 0.25) is 0 Å². The molecule has 1 aromatic carbocycles. The van der Waals surface area contributed by atoms with Gasteiger partial charge in [-0.15, -0.1) is 6.42 Å². The summed E-state index contributed by atoms with van der Waals surface area (Å²) in [5.41, 5.74) is 1.64. The van der Waals surface area contributed by atoms with Gasteiger partial charge in [0.1, 0.15) is 11.5 Å². The summed E-state index contributed by atoms with van der Waals surface area (Å²) in [5.74, 6) is 2.40. The van der Waals surface area contributed by atoms with Crippen LogP contribution in [0.4, 0.5) is 0 Å². The van der Waals surface area contributed by atoms with Crippen LogP contribution in [0.15, 0.2) is 18.2 Å². The summed E-state index contributed by atoms with van der Waals surface area (Å²) >= 11 is 0. The van der Waals surface area contributed by atoms with E-state index in [9.17, 15) is 8.42 Å². The minimum Gasteiger partial charge on any atom is -0.496 e. The van der Waals surface area contributed by atoms with Gasteiger partial charge in [-0.2, -0.15) is 0 Å². The van der Waals surface area contributed by atoms with Gasteiger partial charge in [0.25, 0.3) is 0 Å². The van der Waals surface area contributed by atoms with Gasteiger partial charge in [0.05, 0.1) is 12.9 Å². The summed E-state index contributed by atoms with van der Waals surface area (Å²) in [6.07, 6.45) is 5.01. The molecule has 0 aliphatic heterocycles. The average molecular weight is 238 g/mol. The van der Waals surface area contributed by atoms with Gasteiger partial charge >= 0.3 is 0 Å². The van der Waals surface area contributed by atoms with Crippen LogP contribution >= 0.6 is 0 Å². The largest absolute Gasteiger partial charge is 0.496 e. The van der Waals surface area contributed by atoms with Crippen molar-refractivity contribution in [1.29, 1.82) is 0 Å². The van der Waals surface area contributed by atoms with Crippen LogP contribution in [0, 0.1) is 19.3 Å². The molecular weight excluding hydrogens is 224 g/mol. The first-order chi connectivity index (χ1) is 7.48. The highest BCUT2D eigenvalue weighted by atomic mass is 32.2. The van der Waals surface area contributed by atoms with Crippen molar-refractivity contribution in [3.8, 4) is 18.1 Å². The lowest BCUT2D eigenvalue weighted by molar-refractivity contribution is 0.411. The Balaban J connectivity index is 3.06. The summed E-state index contributed by atoms with van der Waals surface area (Å²) in [5, 5.41) is 0. The predicted octanol–water partition coefficient (Wildman–Crippen LogP) is 1.55. The number of hydrogen-bond donors (Lipinski definition) is 0. The molecule has 0 fully saturated rings. The normalized spacial score (nSPS) is 10.8. The monoisotopic (exact) mass is 238 g/mol. The smallest absolute Gasteiger partial charge is 0.165 e. The lowest BCUT2D eigenvalue weighted by Crippen LogP contribution is -2.08. The molecule has 0 aliphatic carbocycles. The van der Waals surface area contributed by atoms with Crippen LogP contribution in [-0.4, -0.2) is 21.3 Å². The van der Waals surface area contributed by atoms with Gasteiger partial charge in [-0.05, 0) is 13.0 Å². The first-order valence-corrected chi connectivity index (χ1v) is 6.58. The van der Waals surface area contributed by atoms with Gasteiger partial charge in [0.15, 0.2) is 9.84 Å². The number of sulfone groups is 1. The van der Waals surface area contributed by atoms with Crippen LogP contribution in [0.25, 0.3) is 0 Å². The second-order valence-electron chi connectivity index (χ2n) is 3.55. The average Bonchev–Trinajstić information content (AvgIpc) is 2.17. The topological polar surface area (TPSA) is 43.4 Å². The molecule has 4 heteroatoms. The molecule has 3 nitrogen and oxygen atoms in total. The van der Waals surface area contributed by atoms with Crippen LogP contribution in [0.1, 0.15) is 11.1 Å². The Hall–Kier alpha value is -1.47. The Bertz CT molecular complexity index is 510. The molecule has 0 aromatic heterocycles. The molecule has 0 aliphatic rings. The van der Waals surface area contributed by atoms with Crippen molar-refractivity contribution in [2.45, 2.75) is 12.7 Å². The Morgan fingerprint density at radius 3 is 2.69 bits per heavy atom. The number of benzene rings is 1. The fraction of sp³-hybridized carbons (Fsp3) is 0.333. The van der Waals surface area contributed by atoms with Crippen LogP contribution in [-0.2, 0) is 15.6 Å². The fourth-order valence-corrected chi connectivity index (χ4v) is 2.49. The van der Waals surface area contributed by atoms with Crippen molar-refractivity contribution >= 4 is 9.84 Å². The zero-order valence-corrected chi connectivity index (χ0v) is 10.2. The second kappa shape index (κ2) is 5.04. The van der Waals surface area contributed by atoms with E-state index in [1.54, 1.807) is 12.1 Å². The van der Waals surface area contributed by atoms with Gasteiger partial charge < -0.3 is 4.74 Å². The van der Waals surface area contributed by atoms with Crippen molar-refractivity contribution in [1.82, 2.24) is 0 Å². The van der Waals surface area contributed by atoms with Gasteiger partial charge in [-0.25, -0.2) is 8.42 Å². The standard InChI is InChI=1S/C12H14O3S/c1-4-7-16(13,14)9-11-8-10(2)5-6-12(11)15-3/h1,5-6,8H,7,9H2,2-3H3. The summed E-state index contributed by atoms with van der Waals surface area (Å²) in [4.78, 5) is 0. The van der Waals surface area contributed by atoms with E-state index in [2.05, 4.69) is 5.92 Å². The highest BCUT2D eigenvalue weighted by Gasteiger charge is 2.14. The predicted molar refractivity (Wildman–Crippen MR) is 64.1 cm³/mol. The third-order valence-electron chi connectivity index (χ3n) is 2.11. The van der Waals surface area contributed by atoms with Gasteiger partial charge in [-0.3, -0.25) is 0 Å². The van der Waals surface area contributed by atoms with E-state index in [1.807, 2.05) is 13.0 Å². The minimum absolute atomic E-state index is 0.0813. The first-order valence-electron chi connectivity index (χ1n) is 4.76. The highest BCUT2D eigenvalue weighted by molar-refractivity contribution is 7.90. The quantitative estimate of drug-likeness (QED) is 0.747. The maximum Gasteiger partial charge on any atom is 0.165 e. The molecule has 0 N–H and O–H groups in total. The van der Waals surface area contributed by atoms with Crippen molar-refractivity contribution in [2.75, 3.05) is 12.9 Å². The van der Waals surface area contributed by atoms with E-state index < -0.39 is 9.84 Å². The summed E-state index contributed by atoms with van der Waals surface area (Å²) in [6, 6.07) is 5.43. The Morgan fingerprint density at radius 2 is 2.12 bits per heavy atom. The van der Waals surface area contributed by atoms with Gasteiger partial charge in [0, 0.05) is 5.56 Å². The molecule has 1 rings (SSSR count). The number of ether oxygens (including phenoxy) is 1. The maximum atomic E-state index is 11.6. The zero-order valence-electron chi connectivity index (χ0n) is 9.36. The van der Waals surface area contributed by atoms with E-state index >= 15 is 0 Å². The van der Waals surface area contributed by atoms with E-state index in [1.165, 1.54) is 7.11 Å². The van der Waals surface area contributed by atoms with E-state index in [0.717, 1.165) is 5.56 Å². The fourth-order valence-electron chi connectivity index (χ4n) is 1.44. The number of hydrogen-bond acceptors (Lipinski definition) is 3. The minimum atomic E-state index is -3.25. The lowest BCUT2D eigenvalue weighted by atomic mass is 10.1. The SMILES string of the molecule is C#CCS(=O)(=O)Cc1cc(C)ccc1OC. The first kappa shape index (κ1) is 12.6. The van der Waals surface area contributed by atoms with Crippen molar-refractivity contribution in [3.05, 3.63) is 29.3 Å². The molecule has 0 radical (unpaired) electrons. The summed E-state index contributed by atoms with van der Waals surface area (Å²) < 4.78 is 28.3. The van der Waals surface area contributed by atoms with E-state index in [4.69, 9.17) is 11.2 Å². The molecule has 0 spiro atoms. The maximum absolute atomic E-state index is 11.6. The number of aryl methyl sites for hydroxylation is 1. The van der Waals surface area contributed by atoms with Crippen LogP contribution in [0.3, 0.4) is 0 Å². The molecule has 0 saturated heterocycles. The van der Waals surface area contributed by atoms with Crippen LogP contribution < -0.4 is 4.74 Å². The zero-order chi connectivity index (χ0) is 12.2. The second-order valence-corrected chi connectivity index (χ2v) is 5.62. The molecule has 1 aromatic rings. The van der Waals surface area contributed by atoms with Crippen molar-refractivity contribution < 1.29 is 13.2 Å². The summed E-state index contributed by atoms with van der Waals surface area (Å²) in [7, 11) is -1.73. The molecule has 16 heavy (non-hydrogen) atoms. The van der Waals surface area contributed by atoms with Gasteiger partial charge in [-0.1, -0.05) is 23.6 Å². The lowest BCUT2D eigenvalue weighted by Gasteiger charge is -2.08. The molecular formula is C12H14O3S. The molecule has 86 valence electrons. The van der Waals surface area contributed by atoms with E-state index in [0.29, 0.717) is 11.3 Å². The number of methoxy groups -OCH3 is 1. The number of terminal acetylenes is 1. The molecule has 0 heterocycles. The Kier molecular flexibility index (Phi) is 3.97. The van der Waals surface area contributed by atoms with Gasteiger partial charge in [0.2, 0.25) is 0 Å². The Morgan fingerprint density at radius 1 is 1.44 bits per heavy atom. The number of rotatable bonds is 4. The highest BCUT2D eigenvalue weighted by Crippen LogP contribution is 2.22. The molecule has 0 bridgehead atoms. The van der Waals surface area contributed by atoms with Crippen molar-refractivity contribution in [2.24, 2.45) is 0 Å². The van der Waals surface area contributed by atoms with Crippen molar-refractivity contribution in [3.63, 3.8) is 0 Å². The van der Waals surface area contributed by atoms with Crippen LogP contribution in [0.5, 0.6) is 5.75 Å². The summed E-state index contributed by atoms with van der Waals surface area (Å²) in [6.45, 7) is 1.90. The molecule has 0 amide bonds. The third-order valence-corrected chi connectivity index (χ3v) is 3.47. The Labute approximate surface area is 96.4 Å². The molecule has 0 atom stereocenters.